The Morgan fingerprint density at radius 3 is 2.80 bits per heavy atom. The van der Waals surface area contributed by atoms with Crippen LogP contribution in [0.2, 0.25) is 0 Å². The molecule has 1 heterocycles. The molecule has 1 amide bonds. The fourth-order valence-corrected chi connectivity index (χ4v) is 4.25. The fourth-order valence-electron chi connectivity index (χ4n) is 4.25. The second-order valence-corrected chi connectivity index (χ2v) is 9.26. The van der Waals surface area contributed by atoms with Gasteiger partial charge >= 0.3 is 0 Å². The normalized spacial score (nSPS) is 16.7. The van der Waals surface area contributed by atoms with Gasteiger partial charge in [0.25, 0.3) is 0 Å². The number of benzene rings is 1. The lowest BCUT2D eigenvalue weighted by Crippen LogP contribution is -2.49. The number of hydrazone groups is 1. The lowest BCUT2D eigenvalue weighted by molar-refractivity contribution is -0.127. The Kier molecular flexibility index (Phi) is 14.6. The average molecular weight is 564 g/mol. The number of amides is 1. The van der Waals surface area contributed by atoms with Crippen molar-refractivity contribution in [2.45, 2.75) is 52.5 Å². The number of carbonyl (C=O) groups is 1. The Morgan fingerprint density at radius 2 is 2.12 bits per heavy atom. The summed E-state index contributed by atoms with van der Waals surface area (Å²) in [5.74, 6) is 2.57. The number of likely N-dealkylation sites (N-methyl/N-ethyl adjacent to an activating group) is 1. The van der Waals surface area contributed by atoms with Crippen molar-refractivity contribution in [2.24, 2.45) is 25.8 Å². The molecule has 0 radical (unpaired) electrons. The number of likely N-dealkylation sites (tertiary alicyclic amines) is 1. The molecule has 4 N–H and O–H groups in total. The molecule has 1 aliphatic rings. The van der Waals surface area contributed by atoms with Crippen LogP contribution in [0.1, 0.15) is 51.2 Å². The van der Waals surface area contributed by atoms with E-state index >= 15 is 0 Å². The van der Waals surface area contributed by atoms with Gasteiger partial charge in [0.2, 0.25) is 5.91 Å². The van der Waals surface area contributed by atoms with Gasteiger partial charge in [0.1, 0.15) is 23.2 Å². The maximum atomic E-state index is 12.3. The highest BCUT2D eigenvalue weighted by Crippen LogP contribution is 2.21. The van der Waals surface area contributed by atoms with Crippen LogP contribution >= 0.6 is 0 Å². The summed E-state index contributed by atoms with van der Waals surface area (Å²) >= 11 is 0. The summed E-state index contributed by atoms with van der Waals surface area (Å²) in [6, 6.07) is 5.89. The van der Waals surface area contributed by atoms with E-state index in [1.807, 2.05) is 54.2 Å². The van der Waals surface area contributed by atoms with Crippen molar-refractivity contribution in [3.63, 3.8) is 0 Å². The smallest absolute Gasteiger partial charge is 0.246 e. The van der Waals surface area contributed by atoms with Gasteiger partial charge in [-0.3, -0.25) is 9.79 Å². The van der Waals surface area contributed by atoms with Gasteiger partial charge in [-0.1, -0.05) is 27.0 Å². The van der Waals surface area contributed by atoms with Crippen LogP contribution in [0.3, 0.4) is 0 Å². The number of amidine groups is 2. The first kappa shape index (κ1) is 33.0. The quantitative estimate of drug-likeness (QED) is 0.138. The number of nitrogens with zero attached hydrogens (tertiary/aromatic N) is 6. The van der Waals surface area contributed by atoms with Crippen molar-refractivity contribution in [3.8, 4) is 5.75 Å². The number of carbonyl (C=O) groups excluding carboxylic acids is 1. The van der Waals surface area contributed by atoms with E-state index in [1.54, 1.807) is 13.3 Å². The molecule has 11 heteroatoms. The third kappa shape index (κ3) is 11.0. The molecule has 1 atom stereocenters. The minimum atomic E-state index is -0.0760. The number of hydroxylamine groups is 1. The van der Waals surface area contributed by atoms with Gasteiger partial charge in [-0.15, -0.1) is 5.48 Å². The molecule has 0 aromatic heterocycles. The van der Waals surface area contributed by atoms with Crippen LogP contribution in [0.25, 0.3) is 0 Å². The van der Waals surface area contributed by atoms with E-state index in [4.69, 9.17) is 15.7 Å². The molecule has 1 aromatic rings. The number of aliphatic imine (C=N–C) groups is 3. The lowest BCUT2D eigenvalue weighted by atomic mass is 10.0. The number of allylic oxidation sites excluding steroid dienone is 1. The summed E-state index contributed by atoms with van der Waals surface area (Å²) in [6.45, 7) is 15.3. The van der Waals surface area contributed by atoms with Crippen LogP contribution in [0, 0.1) is 0 Å². The van der Waals surface area contributed by atoms with Gasteiger partial charge in [-0.05, 0) is 74.1 Å². The molecule has 0 saturated carbocycles. The number of aryl methyl sites for hydroxylation is 1. The predicted molar refractivity (Wildman–Crippen MR) is 169 cm³/mol. The van der Waals surface area contributed by atoms with Crippen molar-refractivity contribution in [1.82, 2.24) is 20.7 Å². The highest BCUT2D eigenvalue weighted by atomic mass is 16.6. The van der Waals surface area contributed by atoms with Gasteiger partial charge < -0.3 is 20.8 Å². The molecular formula is C30H45N9O2. The maximum absolute atomic E-state index is 12.3. The first-order valence-corrected chi connectivity index (χ1v) is 14.0. The second kappa shape index (κ2) is 18.2. The number of nitrogens with two attached hydrogens (primary N) is 1. The SMILES string of the molecule is C=C/N=C(/CNOc1ccc(/C=N/N(/C(C)=N/C/C=N\C(N)=CCC)[C@@H]2CCCN(C(=O)C=C)C2)cc1CC)NC. The lowest BCUT2D eigenvalue weighted by Gasteiger charge is -2.37. The molecule has 2 rings (SSSR count). The molecule has 1 saturated heterocycles. The number of nitrogens with one attached hydrogen (secondary N) is 2. The Hall–Kier alpha value is -4.25. The van der Waals surface area contributed by atoms with Crippen LogP contribution in [0.15, 0.2) is 75.6 Å². The zero-order valence-corrected chi connectivity index (χ0v) is 24.8. The molecule has 0 bridgehead atoms. The van der Waals surface area contributed by atoms with Crippen molar-refractivity contribution in [1.29, 1.82) is 0 Å². The molecule has 11 nitrogen and oxygen atoms in total. The third-order valence-electron chi connectivity index (χ3n) is 6.37. The van der Waals surface area contributed by atoms with Gasteiger partial charge in [-0.25, -0.2) is 15.0 Å². The molecule has 0 aliphatic carbocycles. The molecule has 41 heavy (non-hydrogen) atoms. The van der Waals surface area contributed by atoms with E-state index in [0.29, 0.717) is 37.8 Å². The number of piperidine rings is 1. The Balaban J connectivity index is 2.25. The van der Waals surface area contributed by atoms with E-state index in [2.05, 4.69) is 45.9 Å². The molecule has 222 valence electrons. The van der Waals surface area contributed by atoms with E-state index in [9.17, 15) is 4.79 Å². The van der Waals surface area contributed by atoms with Crippen LogP contribution < -0.4 is 21.4 Å². The highest BCUT2D eigenvalue weighted by Gasteiger charge is 2.27. The zero-order valence-electron chi connectivity index (χ0n) is 24.8. The standard InChI is InChI=1S/C30H45N9O2/c1-7-12-28(31)35-17-16-34-23(5)39(26-13-11-18-38(22-26)30(40)9-3)36-20-24-14-15-27(25(8-2)19-24)41-37-21-29(32-6)33-10-4/h9-10,12,14-15,17,19-20,26,37H,3-4,7-8,11,13,16,18,21-22,31H2,1-2,5-6H3,(H,32,33)/b28-12?,34-23+,35-17-,36-20+/t26-/m1/s1. The predicted octanol–water partition coefficient (Wildman–Crippen LogP) is 3.41. The van der Waals surface area contributed by atoms with Crippen LogP contribution in [-0.2, 0) is 11.2 Å². The summed E-state index contributed by atoms with van der Waals surface area (Å²) in [4.78, 5) is 33.0. The van der Waals surface area contributed by atoms with Crippen molar-refractivity contribution in [2.75, 3.05) is 33.2 Å². The summed E-state index contributed by atoms with van der Waals surface area (Å²) in [6.07, 6.45) is 11.5. The molecular weight excluding hydrogens is 518 g/mol. The van der Waals surface area contributed by atoms with Crippen LogP contribution in [0.4, 0.5) is 0 Å². The summed E-state index contributed by atoms with van der Waals surface area (Å²) in [7, 11) is 1.79. The minimum Gasteiger partial charge on any atom is -0.408 e. The van der Waals surface area contributed by atoms with E-state index in [0.717, 1.165) is 48.4 Å². The van der Waals surface area contributed by atoms with Gasteiger partial charge in [0.05, 0.1) is 25.3 Å². The second-order valence-electron chi connectivity index (χ2n) is 9.26. The maximum Gasteiger partial charge on any atom is 0.246 e. The van der Waals surface area contributed by atoms with Crippen molar-refractivity contribution >= 4 is 30.0 Å². The Bertz CT molecular complexity index is 1170. The molecule has 0 unspecified atom stereocenters. The van der Waals surface area contributed by atoms with Gasteiger partial charge in [0.15, 0.2) is 0 Å². The Labute approximate surface area is 244 Å². The summed E-state index contributed by atoms with van der Waals surface area (Å²) < 4.78 is 0. The van der Waals surface area contributed by atoms with Gasteiger partial charge in [-0.2, -0.15) is 5.10 Å². The summed E-state index contributed by atoms with van der Waals surface area (Å²) in [5.41, 5.74) is 10.7. The largest absolute Gasteiger partial charge is 0.408 e. The zero-order chi connectivity index (χ0) is 30.0. The topological polar surface area (TPSA) is 132 Å². The average Bonchev–Trinajstić information content (AvgIpc) is 2.99. The molecule has 1 aromatic carbocycles. The van der Waals surface area contributed by atoms with Crippen LogP contribution in [0.5, 0.6) is 5.75 Å². The van der Waals surface area contributed by atoms with Crippen molar-refractivity contribution in [3.05, 3.63) is 66.7 Å². The molecule has 1 fully saturated rings. The number of rotatable bonds is 14. The summed E-state index contributed by atoms with van der Waals surface area (Å²) in [5, 5.41) is 9.74. The first-order valence-electron chi connectivity index (χ1n) is 14.0. The minimum absolute atomic E-state index is 0.0225. The Morgan fingerprint density at radius 1 is 1.32 bits per heavy atom. The number of hydrogen-bond donors (Lipinski definition) is 3. The van der Waals surface area contributed by atoms with E-state index in [-0.39, 0.29) is 11.9 Å². The third-order valence-corrected chi connectivity index (χ3v) is 6.37. The van der Waals surface area contributed by atoms with E-state index < -0.39 is 0 Å². The van der Waals surface area contributed by atoms with E-state index in [1.165, 1.54) is 12.3 Å². The van der Waals surface area contributed by atoms with Crippen molar-refractivity contribution < 1.29 is 9.63 Å². The monoisotopic (exact) mass is 563 g/mol. The highest BCUT2D eigenvalue weighted by molar-refractivity contribution is 5.88. The van der Waals surface area contributed by atoms with Gasteiger partial charge in [0, 0.05) is 32.6 Å². The first-order chi connectivity index (χ1) is 19.9. The molecule has 0 spiro atoms. The fraction of sp³-hybridized carbons (Fsp3) is 0.433. The molecule has 1 aliphatic heterocycles. The number of hydrogen-bond acceptors (Lipinski definition) is 8. The van der Waals surface area contributed by atoms with Crippen LogP contribution in [-0.4, -0.2) is 79.2 Å².